The summed E-state index contributed by atoms with van der Waals surface area (Å²) >= 11 is 0. The lowest BCUT2D eigenvalue weighted by atomic mass is 10.1. The first-order chi connectivity index (χ1) is 12.3. The predicted octanol–water partition coefficient (Wildman–Crippen LogP) is -0.0516. The Hall–Kier alpha value is -2.17. The number of piperazine rings is 1. The molecule has 0 saturated carbocycles. The van der Waals surface area contributed by atoms with Crippen LogP contribution in [0, 0.1) is 0 Å². The molecule has 0 radical (unpaired) electrons. The van der Waals surface area contributed by atoms with Crippen LogP contribution < -0.4 is 15.0 Å². The molecule has 2 heterocycles. The predicted molar refractivity (Wildman–Crippen MR) is 97.1 cm³/mol. The maximum absolute atomic E-state index is 12.9. The molecule has 0 amide bonds. The van der Waals surface area contributed by atoms with Crippen molar-refractivity contribution in [1.29, 1.82) is 0 Å². The normalized spacial score (nSPS) is 16.7. The second-order valence-corrected chi connectivity index (χ2v) is 8.12. The van der Waals surface area contributed by atoms with Crippen molar-refractivity contribution in [2.45, 2.75) is 6.67 Å². The van der Waals surface area contributed by atoms with Crippen molar-refractivity contribution in [2.75, 3.05) is 46.7 Å². The SMILES string of the molecule is COc1ccc2cnn(CN3CCN(S(C)(=O)=O)CC3)c(=O)c2c1OC. The van der Waals surface area contributed by atoms with E-state index in [-0.39, 0.29) is 12.2 Å². The fourth-order valence-corrected chi connectivity index (χ4v) is 3.90. The number of ether oxygens (including phenoxy) is 2. The van der Waals surface area contributed by atoms with Crippen molar-refractivity contribution >= 4 is 20.8 Å². The minimum absolute atomic E-state index is 0.274. The van der Waals surface area contributed by atoms with Gasteiger partial charge in [0.1, 0.15) is 0 Å². The van der Waals surface area contributed by atoms with E-state index >= 15 is 0 Å². The zero-order valence-electron chi connectivity index (χ0n) is 15.0. The van der Waals surface area contributed by atoms with Crippen LogP contribution in [0.15, 0.2) is 23.1 Å². The zero-order chi connectivity index (χ0) is 18.9. The molecule has 1 aliphatic rings. The second kappa shape index (κ2) is 7.22. The van der Waals surface area contributed by atoms with Gasteiger partial charge in [-0.3, -0.25) is 9.69 Å². The molecule has 0 bridgehead atoms. The average molecular weight is 382 g/mol. The minimum atomic E-state index is -3.18. The van der Waals surface area contributed by atoms with Gasteiger partial charge in [-0.25, -0.2) is 13.1 Å². The Morgan fingerprint density at radius 3 is 2.38 bits per heavy atom. The molecule has 142 valence electrons. The topological polar surface area (TPSA) is 94.0 Å². The van der Waals surface area contributed by atoms with Gasteiger partial charge in [0, 0.05) is 31.6 Å². The molecule has 3 rings (SSSR count). The van der Waals surface area contributed by atoms with Crippen LogP contribution >= 0.6 is 0 Å². The molecule has 2 aromatic rings. The molecule has 0 N–H and O–H groups in total. The third-order valence-corrected chi connectivity index (χ3v) is 5.80. The molecule has 10 heteroatoms. The maximum Gasteiger partial charge on any atom is 0.279 e. The van der Waals surface area contributed by atoms with E-state index < -0.39 is 10.0 Å². The van der Waals surface area contributed by atoms with Gasteiger partial charge in [0.05, 0.1) is 38.7 Å². The highest BCUT2D eigenvalue weighted by atomic mass is 32.2. The molecule has 0 spiro atoms. The highest BCUT2D eigenvalue weighted by Crippen LogP contribution is 2.32. The summed E-state index contributed by atoms with van der Waals surface area (Å²) < 4.78 is 36.6. The first-order valence-corrected chi connectivity index (χ1v) is 9.98. The fraction of sp³-hybridized carbons (Fsp3) is 0.500. The average Bonchev–Trinajstić information content (AvgIpc) is 2.62. The van der Waals surface area contributed by atoms with E-state index in [4.69, 9.17) is 9.47 Å². The van der Waals surface area contributed by atoms with Gasteiger partial charge in [0.2, 0.25) is 10.0 Å². The number of benzene rings is 1. The fourth-order valence-electron chi connectivity index (χ4n) is 3.08. The van der Waals surface area contributed by atoms with Crippen molar-refractivity contribution in [3.8, 4) is 11.5 Å². The minimum Gasteiger partial charge on any atom is -0.493 e. The quantitative estimate of drug-likeness (QED) is 0.715. The standard InChI is InChI=1S/C16H22N4O5S/c1-24-13-5-4-12-10-17-20(16(21)14(12)15(13)25-2)11-18-6-8-19(9-7-18)26(3,22)23/h4-5,10H,6-9,11H2,1-3H3. The van der Waals surface area contributed by atoms with Crippen molar-refractivity contribution in [3.05, 3.63) is 28.7 Å². The van der Waals surface area contributed by atoms with Crippen LogP contribution in [-0.2, 0) is 16.7 Å². The molecular formula is C16H22N4O5S. The van der Waals surface area contributed by atoms with Crippen molar-refractivity contribution in [3.63, 3.8) is 0 Å². The van der Waals surface area contributed by atoms with Gasteiger partial charge in [-0.05, 0) is 12.1 Å². The lowest BCUT2D eigenvalue weighted by Gasteiger charge is -2.33. The van der Waals surface area contributed by atoms with E-state index in [1.165, 1.54) is 29.5 Å². The van der Waals surface area contributed by atoms with E-state index in [9.17, 15) is 13.2 Å². The Bertz CT molecular complexity index is 964. The molecule has 1 aromatic carbocycles. The number of rotatable bonds is 5. The summed E-state index contributed by atoms with van der Waals surface area (Å²) in [5, 5.41) is 5.32. The monoisotopic (exact) mass is 382 g/mol. The molecule has 1 saturated heterocycles. The van der Waals surface area contributed by atoms with E-state index in [2.05, 4.69) is 5.10 Å². The number of aromatic nitrogens is 2. The first-order valence-electron chi connectivity index (χ1n) is 8.13. The van der Waals surface area contributed by atoms with Crippen LogP contribution in [0.4, 0.5) is 0 Å². The third kappa shape index (κ3) is 3.53. The Balaban J connectivity index is 1.88. The molecule has 26 heavy (non-hydrogen) atoms. The molecule has 0 aliphatic carbocycles. The summed E-state index contributed by atoms with van der Waals surface area (Å²) in [5.41, 5.74) is -0.274. The molecule has 1 aliphatic heterocycles. The van der Waals surface area contributed by atoms with E-state index in [0.717, 1.165) is 0 Å². The summed E-state index contributed by atoms with van der Waals surface area (Å²) in [4.78, 5) is 14.9. The molecule has 0 unspecified atom stereocenters. The van der Waals surface area contributed by atoms with Gasteiger partial charge in [0.25, 0.3) is 5.56 Å². The first kappa shape index (κ1) is 18.6. The van der Waals surface area contributed by atoms with Crippen LogP contribution in [0.1, 0.15) is 0 Å². The highest BCUT2D eigenvalue weighted by Gasteiger charge is 2.24. The van der Waals surface area contributed by atoms with Crippen LogP contribution in [0.2, 0.25) is 0 Å². The Labute approximate surface area is 151 Å². The number of nitrogens with zero attached hydrogens (tertiary/aromatic N) is 4. The summed E-state index contributed by atoms with van der Waals surface area (Å²) in [5.74, 6) is 0.865. The molecule has 0 atom stereocenters. The van der Waals surface area contributed by atoms with Gasteiger partial charge >= 0.3 is 0 Å². The van der Waals surface area contributed by atoms with E-state index in [1.807, 2.05) is 4.90 Å². The molecule has 1 aromatic heterocycles. The summed E-state index contributed by atoms with van der Waals surface area (Å²) in [6.45, 7) is 2.16. The molecule has 1 fully saturated rings. The van der Waals surface area contributed by atoms with Crippen molar-refractivity contribution < 1.29 is 17.9 Å². The number of methoxy groups -OCH3 is 2. The lowest BCUT2D eigenvalue weighted by molar-refractivity contribution is 0.143. The van der Waals surface area contributed by atoms with E-state index in [0.29, 0.717) is 48.5 Å². The smallest absolute Gasteiger partial charge is 0.279 e. The van der Waals surface area contributed by atoms with E-state index in [1.54, 1.807) is 18.3 Å². The van der Waals surface area contributed by atoms with Gasteiger partial charge in [-0.15, -0.1) is 0 Å². The maximum atomic E-state index is 12.9. The van der Waals surface area contributed by atoms with Gasteiger partial charge in [0.15, 0.2) is 11.5 Å². The Kier molecular flexibility index (Phi) is 5.17. The summed E-state index contributed by atoms with van der Waals surface area (Å²) in [6, 6.07) is 3.50. The van der Waals surface area contributed by atoms with Crippen LogP contribution in [-0.4, -0.2) is 74.1 Å². The summed E-state index contributed by atoms with van der Waals surface area (Å²) in [6.07, 6.45) is 2.82. The van der Waals surface area contributed by atoms with Crippen LogP contribution in [0.5, 0.6) is 11.5 Å². The van der Waals surface area contributed by atoms with Gasteiger partial charge in [-0.1, -0.05) is 0 Å². The lowest BCUT2D eigenvalue weighted by Crippen LogP contribution is -2.49. The zero-order valence-corrected chi connectivity index (χ0v) is 15.8. The third-order valence-electron chi connectivity index (χ3n) is 4.50. The van der Waals surface area contributed by atoms with Crippen LogP contribution in [0.3, 0.4) is 0 Å². The highest BCUT2D eigenvalue weighted by molar-refractivity contribution is 7.88. The number of fused-ring (bicyclic) bond motifs is 1. The second-order valence-electron chi connectivity index (χ2n) is 6.14. The van der Waals surface area contributed by atoms with Gasteiger partial charge in [-0.2, -0.15) is 9.40 Å². The van der Waals surface area contributed by atoms with Crippen molar-refractivity contribution in [2.24, 2.45) is 0 Å². The number of hydrogen-bond acceptors (Lipinski definition) is 7. The molecule has 9 nitrogen and oxygen atoms in total. The number of hydrogen-bond donors (Lipinski definition) is 0. The molecular weight excluding hydrogens is 360 g/mol. The van der Waals surface area contributed by atoms with Crippen LogP contribution in [0.25, 0.3) is 10.8 Å². The Morgan fingerprint density at radius 1 is 1.12 bits per heavy atom. The largest absolute Gasteiger partial charge is 0.493 e. The Morgan fingerprint density at radius 2 is 1.81 bits per heavy atom. The summed E-state index contributed by atoms with van der Waals surface area (Å²) in [7, 11) is -0.173. The van der Waals surface area contributed by atoms with Gasteiger partial charge < -0.3 is 9.47 Å². The number of sulfonamides is 1. The van der Waals surface area contributed by atoms with Crippen molar-refractivity contribution in [1.82, 2.24) is 19.0 Å².